The third-order valence-electron chi connectivity index (χ3n) is 3.71. The molecule has 0 aromatic carbocycles. The number of nitrogens with zero attached hydrogens (tertiary/aromatic N) is 2. The summed E-state index contributed by atoms with van der Waals surface area (Å²) in [6, 6.07) is 0.782. The summed E-state index contributed by atoms with van der Waals surface area (Å²) >= 11 is 0. The Balaban J connectivity index is 2.40. The van der Waals surface area contributed by atoms with E-state index in [9.17, 15) is 4.79 Å². The van der Waals surface area contributed by atoms with Crippen LogP contribution in [-0.4, -0.2) is 68.1 Å². The molecule has 1 aliphatic rings. The molecule has 1 fully saturated rings. The lowest BCUT2D eigenvalue weighted by molar-refractivity contribution is -0.122. The third kappa shape index (κ3) is 4.55. The summed E-state index contributed by atoms with van der Waals surface area (Å²) in [4.78, 5) is 16.4. The number of nitrogens with two attached hydrogens (primary N) is 1. The van der Waals surface area contributed by atoms with Crippen LogP contribution in [-0.2, 0) is 4.79 Å². The molecule has 1 aliphatic heterocycles. The van der Waals surface area contributed by atoms with Crippen LogP contribution < -0.4 is 11.1 Å². The molecule has 1 saturated heterocycles. The predicted molar refractivity (Wildman–Crippen MR) is 74.4 cm³/mol. The topological polar surface area (TPSA) is 61.6 Å². The maximum absolute atomic E-state index is 11.7. The van der Waals surface area contributed by atoms with Gasteiger partial charge < -0.3 is 16.0 Å². The minimum absolute atomic E-state index is 0.126. The quantitative estimate of drug-likeness (QED) is 0.666. The molecule has 1 amide bonds. The maximum atomic E-state index is 11.7. The summed E-state index contributed by atoms with van der Waals surface area (Å²) in [5, 5.41) is 2.92. The van der Waals surface area contributed by atoms with Gasteiger partial charge in [-0.25, -0.2) is 0 Å². The normalized spacial score (nSPS) is 22.4. The number of likely N-dealkylation sites (tertiary alicyclic amines) is 1. The summed E-state index contributed by atoms with van der Waals surface area (Å²) in [6.07, 6.45) is 2.67. The van der Waals surface area contributed by atoms with Gasteiger partial charge in [0.1, 0.15) is 0 Å². The van der Waals surface area contributed by atoms with E-state index in [-0.39, 0.29) is 11.9 Å². The first-order valence-corrected chi connectivity index (χ1v) is 6.95. The smallest absolute Gasteiger partial charge is 0.221 e. The molecule has 0 bridgehead atoms. The van der Waals surface area contributed by atoms with Crippen molar-refractivity contribution in [3.63, 3.8) is 0 Å². The zero-order valence-electron chi connectivity index (χ0n) is 12.0. The van der Waals surface area contributed by atoms with Gasteiger partial charge in [-0.2, -0.15) is 0 Å². The Labute approximate surface area is 111 Å². The van der Waals surface area contributed by atoms with Gasteiger partial charge in [0.25, 0.3) is 0 Å². The Hall–Kier alpha value is -0.650. The number of carbonyl (C=O) groups is 1. The SMILES string of the molecule is CCCNC(=O)CC(CN)N1CCC(N(C)C)C1. The zero-order valence-corrected chi connectivity index (χ0v) is 12.0. The molecule has 0 aromatic heterocycles. The van der Waals surface area contributed by atoms with Gasteiger partial charge in [0.2, 0.25) is 5.91 Å². The molecule has 3 N–H and O–H groups in total. The highest BCUT2D eigenvalue weighted by Crippen LogP contribution is 2.17. The van der Waals surface area contributed by atoms with Crippen molar-refractivity contribution < 1.29 is 4.79 Å². The van der Waals surface area contributed by atoms with E-state index in [2.05, 4.69) is 36.1 Å². The molecule has 5 nitrogen and oxygen atoms in total. The first kappa shape index (κ1) is 15.4. The van der Waals surface area contributed by atoms with Gasteiger partial charge >= 0.3 is 0 Å². The number of rotatable bonds is 7. The van der Waals surface area contributed by atoms with Crippen LogP contribution in [0.4, 0.5) is 0 Å². The molecule has 18 heavy (non-hydrogen) atoms. The van der Waals surface area contributed by atoms with Crippen molar-refractivity contribution >= 4 is 5.91 Å². The lowest BCUT2D eigenvalue weighted by atomic mass is 10.1. The fourth-order valence-corrected chi connectivity index (χ4v) is 2.43. The minimum Gasteiger partial charge on any atom is -0.356 e. The van der Waals surface area contributed by atoms with Crippen LogP contribution in [0.3, 0.4) is 0 Å². The molecule has 0 radical (unpaired) electrons. The molecule has 0 spiro atoms. The summed E-state index contributed by atoms with van der Waals surface area (Å²) in [5.74, 6) is 0.126. The highest BCUT2D eigenvalue weighted by molar-refractivity contribution is 5.76. The minimum atomic E-state index is 0.126. The number of likely N-dealkylation sites (N-methyl/N-ethyl adjacent to an activating group) is 1. The second-order valence-electron chi connectivity index (χ2n) is 5.34. The van der Waals surface area contributed by atoms with Crippen molar-refractivity contribution in [1.29, 1.82) is 0 Å². The van der Waals surface area contributed by atoms with Crippen LogP contribution in [0.2, 0.25) is 0 Å². The lowest BCUT2D eigenvalue weighted by Crippen LogP contribution is -2.44. The van der Waals surface area contributed by atoms with Gasteiger partial charge in [-0.15, -0.1) is 0 Å². The van der Waals surface area contributed by atoms with Crippen LogP contribution in [0.5, 0.6) is 0 Å². The number of hydrogen-bond acceptors (Lipinski definition) is 4. The van der Waals surface area contributed by atoms with Crippen molar-refractivity contribution in [1.82, 2.24) is 15.1 Å². The molecule has 0 saturated carbocycles. The zero-order chi connectivity index (χ0) is 13.5. The van der Waals surface area contributed by atoms with E-state index in [1.165, 1.54) is 6.42 Å². The van der Waals surface area contributed by atoms with Crippen LogP contribution in [0, 0.1) is 0 Å². The number of nitrogens with one attached hydrogen (secondary N) is 1. The van der Waals surface area contributed by atoms with E-state index in [1.54, 1.807) is 0 Å². The molecule has 2 atom stereocenters. The molecule has 106 valence electrons. The Morgan fingerprint density at radius 1 is 1.56 bits per heavy atom. The molecule has 1 rings (SSSR count). The van der Waals surface area contributed by atoms with Gasteiger partial charge in [-0.05, 0) is 26.9 Å². The fourth-order valence-electron chi connectivity index (χ4n) is 2.43. The van der Waals surface area contributed by atoms with E-state index in [4.69, 9.17) is 5.73 Å². The van der Waals surface area contributed by atoms with E-state index in [1.807, 2.05) is 0 Å². The Kier molecular flexibility index (Phi) is 6.60. The Morgan fingerprint density at radius 2 is 2.28 bits per heavy atom. The van der Waals surface area contributed by atoms with Crippen molar-refractivity contribution in [3.8, 4) is 0 Å². The molecule has 2 unspecified atom stereocenters. The molecule has 0 aliphatic carbocycles. The molecular formula is C13H28N4O. The van der Waals surface area contributed by atoms with Crippen LogP contribution in [0.1, 0.15) is 26.2 Å². The van der Waals surface area contributed by atoms with Crippen molar-refractivity contribution in [2.24, 2.45) is 5.73 Å². The first-order valence-electron chi connectivity index (χ1n) is 6.95. The van der Waals surface area contributed by atoms with Crippen LogP contribution in [0.15, 0.2) is 0 Å². The van der Waals surface area contributed by atoms with E-state index >= 15 is 0 Å². The van der Waals surface area contributed by atoms with Crippen molar-refractivity contribution in [2.75, 3.05) is 40.3 Å². The summed E-state index contributed by atoms with van der Waals surface area (Å²) in [6.45, 7) is 5.45. The summed E-state index contributed by atoms with van der Waals surface area (Å²) in [7, 11) is 4.22. The van der Waals surface area contributed by atoms with Crippen molar-refractivity contribution in [3.05, 3.63) is 0 Å². The Bertz CT molecular complexity index is 257. The van der Waals surface area contributed by atoms with Crippen LogP contribution >= 0.6 is 0 Å². The predicted octanol–water partition coefficient (Wildman–Crippen LogP) is -0.134. The van der Waals surface area contributed by atoms with E-state index in [0.29, 0.717) is 19.0 Å². The van der Waals surface area contributed by atoms with Crippen LogP contribution in [0.25, 0.3) is 0 Å². The van der Waals surface area contributed by atoms with Gasteiger partial charge in [-0.3, -0.25) is 9.69 Å². The number of carbonyl (C=O) groups excluding carboxylic acids is 1. The van der Waals surface area contributed by atoms with E-state index in [0.717, 1.165) is 26.1 Å². The average Bonchev–Trinajstić information content (AvgIpc) is 2.83. The van der Waals surface area contributed by atoms with Gasteiger partial charge in [0.05, 0.1) is 0 Å². The lowest BCUT2D eigenvalue weighted by Gasteiger charge is -2.27. The molecular weight excluding hydrogens is 228 g/mol. The highest BCUT2D eigenvalue weighted by Gasteiger charge is 2.29. The standard InChI is InChI=1S/C13H28N4O/c1-4-6-15-13(18)8-12(9-14)17-7-5-11(10-17)16(2)3/h11-12H,4-10,14H2,1-3H3,(H,15,18). The van der Waals surface area contributed by atoms with Gasteiger partial charge in [-0.1, -0.05) is 6.92 Å². The number of hydrogen-bond donors (Lipinski definition) is 2. The second kappa shape index (κ2) is 7.71. The summed E-state index contributed by atoms with van der Waals surface area (Å²) in [5.41, 5.74) is 5.82. The molecule has 1 heterocycles. The third-order valence-corrected chi connectivity index (χ3v) is 3.71. The van der Waals surface area contributed by atoms with Crippen molar-refractivity contribution in [2.45, 2.75) is 38.3 Å². The largest absolute Gasteiger partial charge is 0.356 e. The average molecular weight is 256 g/mol. The highest BCUT2D eigenvalue weighted by atomic mass is 16.1. The monoisotopic (exact) mass is 256 g/mol. The number of amides is 1. The Morgan fingerprint density at radius 3 is 2.78 bits per heavy atom. The molecule has 0 aromatic rings. The van der Waals surface area contributed by atoms with Gasteiger partial charge in [0.15, 0.2) is 0 Å². The van der Waals surface area contributed by atoms with E-state index < -0.39 is 0 Å². The fraction of sp³-hybridized carbons (Fsp3) is 0.923. The second-order valence-corrected chi connectivity index (χ2v) is 5.34. The molecule has 5 heteroatoms. The first-order chi connectivity index (χ1) is 8.58. The maximum Gasteiger partial charge on any atom is 0.221 e. The van der Waals surface area contributed by atoms with Gasteiger partial charge in [0, 0.05) is 44.7 Å². The summed E-state index contributed by atoms with van der Waals surface area (Å²) < 4.78 is 0.